The molecule has 1 aliphatic rings. The molecule has 0 bridgehead atoms. The summed E-state index contributed by atoms with van der Waals surface area (Å²) in [7, 11) is 0. The second kappa shape index (κ2) is 8.56. The van der Waals surface area contributed by atoms with Crippen LogP contribution in [0.4, 0.5) is 5.69 Å². The minimum absolute atomic E-state index is 0.168. The van der Waals surface area contributed by atoms with Crippen LogP contribution < -0.4 is 10.1 Å². The van der Waals surface area contributed by atoms with Gasteiger partial charge < -0.3 is 15.2 Å². The minimum Gasteiger partial charge on any atom is -0.507 e. The number of hydrogen-bond acceptors (Lipinski definition) is 7. The molecule has 1 aromatic heterocycles. The van der Waals surface area contributed by atoms with Gasteiger partial charge in [-0.2, -0.15) is 4.98 Å². The topological polar surface area (TPSA) is 80.2 Å². The van der Waals surface area contributed by atoms with Crippen molar-refractivity contribution in [1.82, 2.24) is 15.2 Å². The molecular formula is C23H17BrN4O2S. The Labute approximate surface area is 191 Å². The summed E-state index contributed by atoms with van der Waals surface area (Å²) in [6.07, 6.45) is -0.511. The molecule has 0 amide bonds. The first-order valence-corrected chi connectivity index (χ1v) is 11.4. The number of halogens is 1. The van der Waals surface area contributed by atoms with Crippen LogP contribution in [0.5, 0.6) is 11.6 Å². The van der Waals surface area contributed by atoms with Crippen LogP contribution in [0, 0.1) is 0 Å². The molecule has 31 heavy (non-hydrogen) atoms. The largest absolute Gasteiger partial charge is 0.507 e. The summed E-state index contributed by atoms with van der Waals surface area (Å²) in [6.45, 7) is 0. The zero-order chi connectivity index (χ0) is 21.2. The summed E-state index contributed by atoms with van der Waals surface area (Å²) in [5.41, 5.74) is 4.36. The Bertz CT molecular complexity index is 1240. The van der Waals surface area contributed by atoms with Crippen LogP contribution in [0.25, 0.3) is 11.3 Å². The second-order valence-corrected chi connectivity index (χ2v) is 8.72. The van der Waals surface area contributed by atoms with Gasteiger partial charge in [0.05, 0.1) is 4.47 Å². The first-order valence-electron chi connectivity index (χ1n) is 9.60. The Morgan fingerprint density at radius 3 is 2.65 bits per heavy atom. The van der Waals surface area contributed by atoms with Crippen LogP contribution in [0.2, 0.25) is 0 Å². The number of nitrogens with one attached hydrogen (secondary N) is 1. The van der Waals surface area contributed by atoms with Gasteiger partial charge in [0.1, 0.15) is 5.75 Å². The zero-order valence-corrected chi connectivity index (χ0v) is 18.6. The average Bonchev–Trinajstić information content (AvgIpc) is 2.96. The van der Waals surface area contributed by atoms with E-state index in [9.17, 15) is 5.11 Å². The molecular weight excluding hydrogens is 476 g/mol. The van der Waals surface area contributed by atoms with E-state index in [2.05, 4.69) is 48.6 Å². The van der Waals surface area contributed by atoms with Crippen LogP contribution in [0.1, 0.15) is 17.4 Å². The van der Waals surface area contributed by atoms with E-state index < -0.39 is 6.23 Å². The monoisotopic (exact) mass is 492 g/mol. The number of phenols is 1. The number of ether oxygens (including phenoxy) is 1. The third-order valence-electron chi connectivity index (χ3n) is 4.82. The first-order chi connectivity index (χ1) is 15.2. The number of aromatic hydroxyl groups is 1. The van der Waals surface area contributed by atoms with Crippen molar-refractivity contribution in [1.29, 1.82) is 0 Å². The third kappa shape index (κ3) is 4.22. The van der Waals surface area contributed by atoms with Crippen molar-refractivity contribution in [2.75, 3.05) is 5.32 Å². The summed E-state index contributed by atoms with van der Waals surface area (Å²) in [5, 5.41) is 22.6. The van der Waals surface area contributed by atoms with Gasteiger partial charge in [-0.1, -0.05) is 60.3 Å². The summed E-state index contributed by atoms with van der Waals surface area (Å²) < 4.78 is 6.86. The molecule has 0 unspecified atom stereocenters. The van der Waals surface area contributed by atoms with Gasteiger partial charge in [0.15, 0.2) is 11.9 Å². The Kier molecular flexibility index (Phi) is 5.48. The van der Waals surface area contributed by atoms with Crippen LogP contribution in [0.3, 0.4) is 0 Å². The lowest BCUT2D eigenvalue weighted by Crippen LogP contribution is -2.17. The van der Waals surface area contributed by atoms with E-state index >= 15 is 0 Å². The lowest BCUT2D eigenvalue weighted by molar-refractivity contribution is 0.225. The average molecular weight is 493 g/mol. The summed E-state index contributed by atoms with van der Waals surface area (Å²) in [4.78, 5) is 4.67. The Hall–Kier alpha value is -3.10. The molecule has 0 aliphatic carbocycles. The first kappa shape index (κ1) is 19.8. The van der Waals surface area contributed by atoms with E-state index in [1.54, 1.807) is 6.07 Å². The van der Waals surface area contributed by atoms with Crippen molar-refractivity contribution >= 4 is 33.4 Å². The fourth-order valence-electron chi connectivity index (χ4n) is 3.27. The fraction of sp³-hybridized carbons (Fsp3) is 0.0870. The Morgan fingerprint density at radius 2 is 1.81 bits per heavy atom. The summed E-state index contributed by atoms with van der Waals surface area (Å²) >= 11 is 4.89. The number of para-hydroxylation sites is 1. The van der Waals surface area contributed by atoms with Crippen molar-refractivity contribution in [2.24, 2.45) is 0 Å². The number of anilines is 1. The predicted molar refractivity (Wildman–Crippen MR) is 124 cm³/mol. The molecule has 0 fully saturated rings. The molecule has 8 heteroatoms. The van der Waals surface area contributed by atoms with Crippen molar-refractivity contribution in [2.45, 2.75) is 17.1 Å². The molecule has 5 rings (SSSR count). The number of phenolic OH excluding ortho intramolecular Hbond substituents is 1. The van der Waals surface area contributed by atoms with Gasteiger partial charge in [-0.15, -0.1) is 10.2 Å². The number of rotatable bonds is 4. The molecule has 154 valence electrons. The van der Waals surface area contributed by atoms with Gasteiger partial charge in [-0.3, -0.25) is 0 Å². The molecule has 6 nitrogen and oxygen atoms in total. The second-order valence-electron chi connectivity index (χ2n) is 6.92. The zero-order valence-electron chi connectivity index (χ0n) is 16.2. The van der Waals surface area contributed by atoms with Crippen LogP contribution in [-0.2, 0) is 5.75 Å². The van der Waals surface area contributed by atoms with Gasteiger partial charge in [-0.05, 0) is 45.8 Å². The summed E-state index contributed by atoms with van der Waals surface area (Å²) in [5.74, 6) is 1.32. The number of hydrogen-bond donors (Lipinski definition) is 2. The quantitative estimate of drug-likeness (QED) is 0.348. The maximum atomic E-state index is 9.86. The van der Waals surface area contributed by atoms with E-state index in [1.807, 2.05) is 54.6 Å². The molecule has 0 saturated heterocycles. The normalized spacial score (nSPS) is 14.5. The highest BCUT2D eigenvalue weighted by atomic mass is 79.9. The standard InChI is InChI=1S/C23H17BrN4O2S/c24-17-12-15(10-11-19(17)29)21-25-18-9-5-4-8-16(18)20-22(30-21)26-23(28-27-20)31-13-14-6-2-1-3-7-14/h1-12,21,25,29H,13H2/t21-/m1/s1. The number of nitrogens with zero attached hydrogens (tertiary/aromatic N) is 3. The number of benzene rings is 3. The van der Waals surface area contributed by atoms with Crippen molar-refractivity contribution < 1.29 is 9.84 Å². The molecule has 0 radical (unpaired) electrons. The van der Waals surface area contributed by atoms with Gasteiger partial charge in [0, 0.05) is 22.6 Å². The minimum atomic E-state index is -0.511. The van der Waals surface area contributed by atoms with E-state index in [0.29, 0.717) is 21.2 Å². The smallest absolute Gasteiger partial charge is 0.247 e. The number of fused-ring (bicyclic) bond motifs is 3. The van der Waals surface area contributed by atoms with E-state index in [1.165, 1.54) is 17.3 Å². The SMILES string of the molecule is Oc1ccc([C@@H]2Nc3ccccc3-c3nnc(SCc4ccccc4)nc3O2)cc1Br. The van der Waals surface area contributed by atoms with Crippen LogP contribution >= 0.6 is 27.7 Å². The van der Waals surface area contributed by atoms with Crippen LogP contribution in [0.15, 0.2) is 82.4 Å². The van der Waals surface area contributed by atoms with Crippen molar-refractivity contribution in [3.05, 3.63) is 88.4 Å². The highest BCUT2D eigenvalue weighted by Crippen LogP contribution is 2.40. The van der Waals surface area contributed by atoms with E-state index in [4.69, 9.17) is 4.74 Å². The molecule has 1 atom stereocenters. The molecule has 1 aliphatic heterocycles. The number of thioether (sulfide) groups is 1. The lowest BCUT2D eigenvalue weighted by atomic mass is 10.1. The summed E-state index contributed by atoms with van der Waals surface area (Å²) in [6, 6.07) is 23.2. The van der Waals surface area contributed by atoms with E-state index in [0.717, 1.165) is 22.6 Å². The molecule has 0 spiro atoms. The van der Waals surface area contributed by atoms with Crippen LogP contribution in [-0.4, -0.2) is 20.3 Å². The fourth-order valence-corrected chi connectivity index (χ4v) is 4.40. The predicted octanol–water partition coefficient (Wildman–Crippen LogP) is 5.80. The Balaban J connectivity index is 1.51. The molecule has 0 saturated carbocycles. The molecule has 3 aromatic carbocycles. The molecule has 2 heterocycles. The van der Waals surface area contributed by atoms with Gasteiger partial charge in [-0.25, -0.2) is 0 Å². The lowest BCUT2D eigenvalue weighted by Gasteiger charge is -2.19. The molecule has 2 N–H and O–H groups in total. The van der Waals surface area contributed by atoms with Gasteiger partial charge in [0.25, 0.3) is 0 Å². The van der Waals surface area contributed by atoms with Crippen molar-refractivity contribution in [3.8, 4) is 22.9 Å². The molecule has 4 aromatic rings. The van der Waals surface area contributed by atoms with Gasteiger partial charge in [0.2, 0.25) is 11.0 Å². The highest BCUT2D eigenvalue weighted by molar-refractivity contribution is 9.10. The van der Waals surface area contributed by atoms with Gasteiger partial charge >= 0.3 is 0 Å². The maximum Gasteiger partial charge on any atom is 0.247 e. The Morgan fingerprint density at radius 1 is 1.00 bits per heavy atom. The highest BCUT2D eigenvalue weighted by Gasteiger charge is 2.26. The maximum absolute atomic E-state index is 9.86. The number of aromatic nitrogens is 3. The third-order valence-corrected chi connectivity index (χ3v) is 6.36. The van der Waals surface area contributed by atoms with E-state index in [-0.39, 0.29) is 5.75 Å². The van der Waals surface area contributed by atoms with Crippen molar-refractivity contribution in [3.63, 3.8) is 0 Å².